The monoisotopic (exact) mass is 422 g/mol. The first-order valence-electron chi connectivity index (χ1n) is 11.3. The molecule has 0 aromatic heterocycles. The van der Waals surface area contributed by atoms with E-state index in [1.807, 2.05) is 13.8 Å². The van der Waals surface area contributed by atoms with Gasteiger partial charge in [0.15, 0.2) is 0 Å². The zero-order valence-corrected chi connectivity index (χ0v) is 18.7. The van der Waals surface area contributed by atoms with E-state index in [-0.39, 0.29) is 48.6 Å². The predicted octanol–water partition coefficient (Wildman–Crippen LogP) is 3.72. The molecule has 2 aliphatic carbocycles. The summed E-state index contributed by atoms with van der Waals surface area (Å²) >= 11 is 0. The first-order valence-corrected chi connectivity index (χ1v) is 11.3. The Hall–Kier alpha value is -1.66. The van der Waals surface area contributed by atoms with Crippen molar-refractivity contribution in [3.05, 3.63) is 23.8 Å². The normalized spacial score (nSPS) is 31.3. The van der Waals surface area contributed by atoms with Gasteiger partial charge in [0.1, 0.15) is 6.10 Å². The second kappa shape index (κ2) is 11.1. The largest absolute Gasteiger partial charge is 0.481 e. The molecule has 2 rings (SSSR count). The van der Waals surface area contributed by atoms with E-state index in [0.717, 1.165) is 19.3 Å². The minimum Gasteiger partial charge on any atom is -0.481 e. The lowest BCUT2D eigenvalue weighted by Gasteiger charge is -2.43. The third-order valence-electron chi connectivity index (χ3n) is 6.67. The molecule has 0 heterocycles. The van der Waals surface area contributed by atoms with Crippen molar-refractivity contribution in [1.82, 2.24) is 0 Å². The van der Waals surface area contributed by atoms with E-state index in [4.69, 9.17) is 9.84 Å². The van der Waals surface area contributed by atoms with Crippen LogP contribution in [0.3, 0.4) is 0 Å². The molecular formula is C24H38O6. The van der Waals surface area contributed by atoms with Gasteiger partial charge in [-0.3, -0.25) is 9.59 Å². The van der Waals surface area contributed by atoms with Crippen LogP contribution in [0.15, 0.2) is 23.8 Å². The third kappa shape index (κ3) is 6.67. The average molecular weight is 423 g/mol. The molecule has 0 aromatic rings. The number of carbonyl (C=O) groups is 2. The van der Waals surface area contributed by atoms with Crippen LogP contribution in [0.25, 0.3) is 0 Å². The number of ether oxygens (including phenoxy) is 1. The van der Waals surface area contributed by atoms with Crippen molar-refractivity contribution in [2.75, 3.05) is 0 Å². The van der Waals surface area contributed by atoms with Gasteiger partial charge in [0.2, 0.25) is 0 Å². The van der Waals surface area contributed by atoms with E-state index in [9.17, 15) is 19.8 Å². The summed E-state index contributed by atoms with van der Waals surface area (Å²) in [5.41, 5.74) is 1.21. The Labute approximate surface area is 180 Å². The number of hydrogen-bond donors (Lipinski definition) is 3. The zero-order valence-electron chi connectivity index (χ0n) is 18.7. The maximum Gasteiger partial charge on any atom is 0.308 e. The van der Waals surface area contributed by atoms with Crippen molar-refractivity contribution in [3.8, 4) is 0 Å². The van der Waals surface area contributed by atoms with E-state index < -0.39 is 18.2 Å². The molecule has 0 aromatic carbocycles. The molecule has 3 unspecified atom stereocenters. The number of aliphatic hydroxyl groups is 2. The molecule has 3 N–H and O–H groups in total. The number of carboxylic acids is 1. The van der Waals surface area contributed by atoms with Crippen molar-refractivity contribution >= 4 is 11.9 Å². The van der Waals surface area contributed by atoms with Crippen LogP contribution < -0.4 is 0 Å². The molecule has 0 radical (unpaired) electrons. The van der Waals surface area contributed by atoms with E-state index in [1.54, 1.807) is 0 Å². The van der Waals surface area contributed by atoms with Gasteiger partial charge in [-0.1, -0.05) is 45.9 Å². The fourth-order valence-electron chi connectivity index (χ4n) is 4.76. The lowest BCUT2D eigenvalue weighted by molar-refractivity contribution is -0.158. The molecule has 6 heteroatoms. The van der Waals surface area contributed by atoms with Crippen LogP contribution in [0.2, 0.25) is 0 Å². The Morgan fingerprint density at radius 3 is 2.57 bits per heavy atom. The Kier molecular flexibility index (Phi) is 9.10. The van der Waals surface area contributed by atoms with E-state index >= 15 is 0 Å². The number of carbonyl (C=O) groups excluding carboxylic acids is 1. The van der Waals surface area contributed by atoms with Crippen molar-refractivity contribution in [1.29, 1.82) is 0 Å². The maximum atomic E-state index is 12.5. The molecule has 6 nitrogen and oxygen atoms in total. The predicted molar refractivity (Wildman–Crippen MR) is 115 cm³/mol. The molecule has 0 fully saturated rings. The molecule has 0 bridgehead atoms. The van der Waals surface area contributed by atoms with Crippen LogP contribution in [0.4, 0.5) is 0 Å². The van der Waals surface area contributed by atoms with Gasteiger partial charge >= 0.3 is 11.9 Å². The third-order valence-corrected chi connectivity index (χ3v) is 6.67. The average Bonchev–Trinajstić information content (AvgIpc) is 2.65. The van der Waals surface area contributed by atoms with Gasteiger partial charge < -0.3 is 20.1 Å². The quantitative estimate of drug-likeness (QED) is 0.464. The van der Waals surface area contributed by atoms with Crippen LogP contribution in [0, 0.1) is 29.6 Å². The lowest BCUT2D eigenvalue weighted by Crippen LogP contribution is -2.41. The maximum absolute atomic E-state index is 12.5. The standard InChI is InChI=1S/C24H38O6/c1-5-15(3)24(29)30-21-11-14(2)10-17-7-6-16(4)20(23(17)21)9-8-18(25)12-19(26)13-22(27)28/h6-7,10,14-16,18-21,23,25-26H,5,8-9,11-13H2,1-4H3,(H,27,28)/t14-,15?,16-,18?,19?,20-,21-,23-/m0/s1. The molecule has 0 spiro atoms. The number of hydrogen-bond acceptors (Lipinski definition) is 5. The van der Waals surface area contributed by atoms with Gasteiger partial charge in [-0.05, 0) is 55.4 Å². The lowest BCUT2D eigenvalue weighted by atomic mass is 9.65. The van der Waals surface area contributed by atoms with Gasteiger partial charge in [-0.2, -0.15) is 0 Å². The highest BCUT2D eigenvalue weighted by atomic mass is 16.5. The molecule has 0 amide bonds. The SMILES string of the molecule is CCC(C)C(=O)O[C@H]1C[C@@H](C)C=C2C=C[C@H](C)[C@H](CCC(O)CC(O)CC(=O)O)[C@H]21. The summed E-state index contributed by atoms with van der Waals surface area (Å²) in [6, 6.07) is 0. The van der Waals surface area contributed by atoms with Gasteiger partial charge in [0.05, 0.1) is 24.5 Å². The minimum atomic E-state index is -1.07. The summed E-state index contributed by atoms with van der Waals surface area (Å²) in [6.45, 7) is 8.16. The molecule has 2 aliphatic rings. The Morgan fingerprint density at radius 1 is 1.23 bits per heavy atom. The van der Waals surface area contributed by atoms with Crippen LogP contribution in [-0.2, 0) is 14.3 Å². The van der Waals surface area contributed by atoms with Gasteiger partial charge in [-0.15, -0.1) is 0 Å². The Morgan fingerprint density at radius 2 is 1.93 bits per heavy atom. The number of rotatable bonds is 10. The number of carboxylic acid groups (broad SMARTS) is 1. The Bertz CT molecular complexity index is 654. The fraction of sp³-hybridized carbons (Fsp3) is 0.750. The molecule has 0 aliphatic heterocycles. The second-order valence-electron chi connectivity index (χ2n) is 9.29. The van der Waals surface area contributed by atoms with Crippen molar-refractivity contribution < 1.29 is 29.6 Å². The zero-order chi connectivity index (χ0) is 22.4. The summed E-state index contributed by atoms with van der Waals surface area (Å²) in [5, 5.41) is 28.9. The minimum absolute atomic E-state index is 0.0556. The highest BCUT2D eigenvalue weighted by molar-refractivity contribution is 5.72. The first kappa shape index (κ1) is 24.6. The summed E-state index contributed by atoms with van der Waals surface area (Å²) < 4.78 is 6.00. The molecule has 170 valence electrons. The van der Waals surface area contributed by atoms with Crippen LogP contribution in [0.5, 0.6) is 0 Å². The van der Waals surface area contributed by atoms with Crippen molar-refractivity contribution in [2.24, 2.45) is 29.6 Å². The molecule has 30 heavy (non-hydrogen) atoms. The number of aliphatic carboxylic acids is 1. The Balaban J connectivity index is 2.09. The van der Waals surface area contributed by atoms with Crippen LogP contribution in [-0.4, -0.2) is 45.6 Å². The summed E-state index contributed by atoms with van der Waals surface area (Å²) in [6.07, 6.45) is 7.07. The molecule has 0 saturated heterocycles. The summed E-state index contributed by atoms with van der Waals surface area (Å²) in [5.74, 6) is -0.406. The molecule has 0 saturated carbocycles. The molecule has 8 atom stereocenters. The second-order valence-corrected chi connectivity index (χ2v) is 9.29. The number of fused-ring (bicyclic) bond motifs is 1. The smallest absolute Gasteiger partial charge is 0.308 e. The summed E-state index contributed by atoms with van der Waals surface area (Å²) in [7, 11) is 0. The molecular weight excluding hydrogens is 384 g/mol. The first-order chi connectivity index (χ1) is 14.1. The highest BCUT2D eigenvalue weighted by Gasteiger charge is 2.41. The van der Waals surface area contributed by atoms with E-state index in [2.05, 4.69) is 32.1 Å². The topological polar surface area (TPSA) is 104 Å². The van der Waals surface area contributed by atoms with E-state index in [0.29, 0.717) is 12.3 Å². The van der Waals surface area contributed by atoms with Gasteiger partial charge in [0.25, 0.3) is 0 Å². The highest BCUT2D eigenvalue weighted by Crippen LogP contribution is 2.45. The number of aliphatic hydroxyl groups excluding tert-OH is 2. The summed E-state index contributed by atoms with van der Waals surface area (Å²) in [4.78, 5) is 23.2. The van der Waals surface area contributed by atoms with Gasteiger partial charge in [-0.25, -0.2) is 0 Å². The fourth-order valence-corrected chi connectivity index (χ4v) is 4.76. The number of esters is 1. The van der Waals surface area contributed by atoms with Crippen LogP contribution in [0.1, 0.15) is 66.2 Å². The number of allylic oxidation sites excluding steroid dienone is 3. The van der Waals surface area contributed by atoms with Crippen LogP contribution >= 0.6 is 0 Å². The van der Waals surface area contributed by atoms with Crippen molar-refractivity contribution in [2.45, 2.75) is 84.5 Å². The van der Waals surface area contributed by atoms with Crippen molar-refractivity contribution in [3.63, 3.8) is 0 Å². The van der Waals surface area contributed by atoms with Gasteiger partial charge in [0, 0.05) is 5.92 Å². The van der Waals surface area contributed by atoms with E-state index in [1.165, 1.54) is 5.57 Å².